The molecule has 0 radical (unpaired) electrons. The Morgan fingerprint density at radius 1 is 1.19 bits per heavy atom. The topological polar surface area (TPSA) is 67.3 Å². The summed E-state index contributed by atoms with van der Waals surface area (Å²) in [6, 6.07) is 0.865. The zero-order chi connectivity index (χ0) is 15.5. The van der Waals surface area contributed by atoms with Gasteiger partial charge in [-0.05, 0) is 31.7 Å². The molecule has 3 rings (SSSR count). The van der Waals surface area contributed by atoms with Crippen molar-refractivity contribution >= 4 is 9.84 Å². The third-order valence-electron chi connectivity index (χ3n) is 4.47. The second-order valence-electron chi connectivity index (χ2n) is 5.81. The molecule has 8 heteroatoms. The van der Waals surface area contributed by atoms with E-state index in [-0.39, 0.29) is 18.4 Å². The molecule has 4 nitrogen and oxygen atoms in total. The average molecular weight is 321 g/mol. The van der Waals surface area contributed by atoms with Crippen molar-refractivity contribution in [3.8, 4) is 0 Å². The zero-order valence-corrected chi connectivity index (χ0v) is 11.8. The first kappa shape index (κ1) is 14.8. The Bertz CT molecular complexity index is 651. The molecule has 116 valence electrons. The number of halogens is 3. The van der Waals surface area contributed by atoms with Crippen LogP contribution in [0.2, 0.25) is 0 Å². The van der Waals surface area contributed by atoms with Gasteiger partial charge in [0.15, 0.2) is 9.84 Å². The third kappa shape index (κ3) is 2.34. The van der Waals surface area contributed by atoms with Crippen molar-refractivity contribution in [1.82, 2.24) is 4.98 Å². The fraction of sp³-hybridized carbons (Fsp3) is 0.615. The van der Waals surface area contributed by atoms with Crippen LogP contribution in [0.15, 0.2) is 18.5 Å². The van der Waals surface area contributed by atoms with Gasteiger partial charge in [0.25, 0.3) is 0 Å². The van der Waals surface area contributed by atoms with E-state index in [1.54, 1.807) is 0 Å². The van der Waals surface area contributed by atoms with E-state index in [4.69, 9.17) is 0 Å². The molecule has 2 bridgehead atoms. The highest BCUT2D eigenvalue weighted by atomic mass is 32.2. The normalized spacial score (nSPS) is 34.9. The lowest BCUT2D eigenvalue weighted by Gasteiger charge is -2.36. The average Bonchev–Trinajstić information content (AvgIpc) is 2.58. The maximum Gasteiger partial charge on any atom is 0.417 e. The van der Waals surface area contributed by atoms with Crippen LogP contribution in [0.25, 0.3) is 0 Å². The molecular weight excluding hydrogens is 307 g/mol. The number of alkyl halides is 3. The van der Waals surface area contributed by atoms with Crippen LogP contribution >= 0.6 is 0 Å². The van der Waals surface area contributed by atoms with Crippen LogP contribution in [0.3, 0.4) is 0 Å². The molecule has 2 atom stereocenters. The number of rotatable bonds is 1. The monoisotopic (exact) mass is 321 g/mol. The maximum atomic E-state index is 12.7. The molecule has 0 aromatic carbocycles. The van der Waals surface area contributed by atoms with Gasteiger partial charge in [-0.2, -0.15) is 13.2 Å². The summed E-state index contributed by atoms with van der Waals surface area (Å²) in [6.07, 6.45) is -1.86. The highest BCUT2D eigenvalue weighted by Gasteiger charge is 2.53. The Balaban J connectivity index is 1.98. The minimum atomic E-state index is -4.54. The molecule has 2 unspecified atom stereocenters. The van der Waals surface area contributed by atoms with Crippen LogP contribution in [-0.4, -0.2) is 29.0 Å². The zero-order valence-electron chi connectivity index (χ0n) is 11.0. The van der Waals surface area contributed by atoms with Gasteiger partial charge in [0.2, 0.25) is 0 Å². The van der Waals surface area contributed by atoms with E-state index in [0.717, 1.165) is 6.07 Å². The fourth-order valence-electron chi connectivity index (χ4n) is 3.33. The smallest absolute Gasteiger partial charge is 0.385 e. The Labute approximate surface area is 119 Å². The van der Waals surface area contributed by atoms with Gasteiger partial charge in [-0.25, -0.2) is 8.42 Å². The summed E-state index contributed by atoms with van der Waals surface area (Å²) in [7, 11) is -3.25. The molecule has 3 heterocycles. The maximum absolute atomic E-state index is 12.7. The molecular formula is C13H14F3NO3S. The Morgan fingerprint density at radius 2 is 1.76 bits per heavy atom. The van der Waals surface area contributed by atoms with Crippen molar-refractivity contribution in [3.63, 3.8) is 0 Å². The number of fused-ring (bicyclic) bond motifs is 2. The van der Waals surface area contributed by atoms with Gasteiger partial charge in [-0.3, -0.25) is 4.98 Å². The molecule has 2 aliphatic heterocycles. The number of sulfone groups is 1. The summed E-state index contributed by atoms with van der Waals surface area (Å²) in [6.45, 7) is 0. The van der Waals surface area contributed by atoms with E-state index >= 15 is 0 Å². The summed E-state index contributed by atoms with van der Waals surface area (Å²) in [4.78, 5) is 3.55. The van der Waals surface area contributed by atoms with E-state index in [1.807, 2.05) is 0 Å². The first-order valence-electron chi connectivity index (χ1n) is 6.61. The largest absolute Gasteiger partial charge is 0.417 e. The number of nitrogens with zero attached hydrogens (tertiary/aromatic N) is 1. The number of aromatic nitrogens is 1. The quantitative estimate of drug-likeness (QED) is 0.859. The summed E-state index contributed by atoms with van der Waals surface area (Å²) in [5.41, 5.74) is -2.44. The van der Waals surface area contributed by atoms with Gasteiger partial charge >= 0.3 is 6.18 Å². The molecule has 2 fully saturated rings. The van der Waals surface area contributed by atoms with E-state index in [0.29, 0.717) is 19.0 Å². The number of hydrogen-bond donors (Lipinski definition) is 1. The van der Waals surface area contributed by atoms with E-state index in [2.05, 4.69) is 4.98 Å². The van der Waals surface area contributed by atoms with E-state index in [1.165, 1.54) is 6.20 Å². The second kappa shape index (κ2) is 4.42. The van der Waals surface area contributed by atoms with Crippen LogP contribution < -0.4 is 0 Å². The Kier molecular flexibility index (Phi) is 3.11. The highest BCUT2D eigenvalue weighted by Crippen LogP contribution is 2.47. The summed E-state index contributed by atoms with van der Waals surface area (Å²) in [5, 5.41) is 9.33. The van der Waals surface area contributed by atoms with Gasteiger partial charge in [-0.15, -0.1) is 0 Å². The van der Waals surface area contributed by atoms with Crippen molar-refractivity contribution in [1.29, 1.82) is 0 Å². The molecule has 21 heavy (non-hydrogen) atoms. The van der Waals surface area contributed by atoms with Gasteiger partial charge < -0.3 is 5.11 Å². The first-order valence-corrected chi connectivity index (χ1v) is 8.22. The standard InChI is InChI=1S/C13H14F3NO3S/c14-13(15,16)9-3-8(6-17-7-9)12(18)4-10-1-2-11(5-12)21(10,19)20/h3,6-7,10-11,18H,1-2,4-5H2. The van der Waals surface area contributed by atoms with E-state index < -0.39 is 37.7 Å². The van der Waals surface area contributed by atoms with Gasteiger partial charge in [0.05, 0.1) is 21.7 Å². The van der Waals surface area contributed by atoms with Gasteiger partial charge in [-0.1, -0.05) is 0 Å². The minimum absolute atomic E-state index is 0.0455. The van der Waals surface area contributed by atoms with Crippen molar-refractivity contribution < 1.29 is 26.7 Å². The lowest BCUT2D eigenvalue weighted by molar-refractivity contribution is -0.138. The lowest BCUT2D eigenvalue weighted by Crippen LogP contribution is -2.43. The molecule has 1 aromatic heterocycles. The molecule has 0 aliphatic carbocycles. The summed E-state index contributed by atoms with van der Waals surface area (Å²) in [5.74, 6) is 0. The third-order valence-corrected chi connectivity index (χ3v) is 7.14. The lowest BCUT2D eigenvalue weighted by atomic mass is 9.86. The molecule has 0 saturated carbocycles. The van der Waals surface area contributed by atoms with Crippen molar-refractivity contribution in [3.05, 3.63) is 29.6 Å². The molecule has 0 spiro atoms. The number of pyridine rings is 1. The van der Waals surface area contributed by atoms with Crippen molar-refractivity contribution in [2.75, 3.05) is 0 Å². The van der Waals surface area contributed by atoms with Crippen LogP contribution in [0.4, 0.5) is 13.2 Å². The highest BCUT2D eigenvalue weighted by molar-refractivity contribution is 7.93. The molecule has 2 aliphatic rings. The number of aliphatic hydroxyl groups is 1. The van der Waals surface area contributed by atoms with Crippen LogP contribution in [-0.2, 0) is 21.6 Å². The fourth-order valence-corrected chi connectivity index (χ4v) is 5.82. The number of hydrogen-bond acceptors (Lipinski definition) is 4. The minimum Gasteiger partial charge on any atom is -0.385 e. The van der Waals surface area contributed by atoms with Crippen LogP contribution in [0.5, 0.6) is 0 Å². The van der Waals surface area contributed by atoms with Crippen LogP contribution in [0, 0.1) is 0 Å². The molecule has 1 aromatic rings. The molecule has 0 amide bonds. The van der Waals surface area contributed by atoms with Gasteiger partial charge in [0, 0.05) is 18.0 Å². The molecule has 2 saturated heterocycles. The van der Waals surface area contributed by atoms with Crippen molar-refractivity contribution in [2.45, 2.75) is 48.0 Å². The predicted molar refractivity (Wildman–Crippen MR) is 68.1 cm³/mol. The second-order valence-corrected chi connectivity index (χ2v) is 8.32. The van der Waals surface area contributed by atoms with Crippen molar-refractivity contribution in [2.24, 2.45) is 0 Å². The van der Waals surface area contributed by atoms with Gasteiger partial charge in [0.1, 0.15) is 0 Å². The Morgan fingerprint density at radius 3 is 2.29 bits per heavy atom. The SMILES string of the molecule is O=S1(=O)C2CCC1CC(O)(c1cncc(C(F)(F)F)c1)C2. The Hall–Kier alpha value is -1.15. The van der Waals surface area contributed by atoms with E-state index in [9.17, 15) is 26.7 Å². The summed E-state index contributed by atoms with van der Waals surface area (Å²) < 4.78 is 62.2. The molecule has 1 N–H and O–H groups in total. The van der Waals surface area contributed by atoms with Crippen LogP contribution in [0.1, 0.15) is 36.8 Å². The predicted octanol–water partition coefficient (Wildman–Crippen LogP) is 2.03. The first-order chi connectivity index (χ1) is 9.63. The summed E-state index contributed by atoms with van der Waals surface area (Å²) >= 11 is 0.